The molecule has 1 amide bonds. The predicted octanol–water partition coefficient (Wildman–Crippen LogP) is -2.55. The molecule has 0 radical (unpaired) electrons. The Kier molecular flexibility index (Phi) is 5.80. The van der Waals surface area contributed by atoms with E-state index in [0.29, 0.717) is 5.69 Å². The molecule has 1 N–H and O–H groups in total. The monoisotopic (exact) mass is 175 g/mol. The Morgan fingerprint density at radius 2 is 1.82 bits per heavy atom. The van der Waals surface area contributed by atoms with Gasteiger partial charge in [0.05, 0.1) is 0 Å². The number of carbonyl (C=O) groups is 1. The smallest absolute Gasteiger partial charge is 0.530 e. The fourth-order valence-electron chi connectivity index (χ4n) is 0.639. The van der Waals surface area contributed by atoms with E-state index in [0.717, 1.165) is 0 Å². The molecule has 0 unspecified atom stereocenters. The fraction of sp³-hybridized carbons (Fsp3) is 0. The van der Waals surface area contributed by atoms with E-state index in [2.05, 4.69) is 5.32 Å². The zero-order chi connectivity index (χ0) is 7.40. The molecule has 1 aromatic carbocycles. The fourth-order valence-corrected chi connectivity index (χ4v) is 0.639. The Balaban J connectivity index is 0.000001000. The number of rotatable bonds is 1. The number of anilines is 1. The molecule has 1 rings (SSSR count). The maximum Gasteiger partial charge on any atom is 1.00 e. The molecule has 11 heavy (non-hydrogen) atoms. The SMILES string of the molecule is O=C([O-])Nc1ccccc1.[K+]. The van der Waals surface area contributed by atoms with Crippen LogP contribution in [0, 0.1) is 0 Å². The van der Waals surface area contributed by atoms with Crippen molar-refractivity contribution < 1.29 is 61.3 Å². The van der Waals surface area contributed by atoms with Gasteiger partial charge < -0.3 is 15.2 Å². The summed E-state index contributed by atoms with van der Waals surface area (Å²) < 4.78 is 0. The molecule has 0 aromatic heterocycles. The van der Waals surface area contributed by atoms with Crippen LogP contribution in [0.5, 0.6) is 0 Å². The Hall–Kier alpha value is 0.126. The van der Waals surface area contributed by atoms with Crippen molar-refractivity contribution in [3.05, 3.63) is 30.3 Å². The first-order chi connectivity index (χ1) is 4.79. The average Bonchev–Trinajstić information content (AvgIpc) is 1.88. The first-order valence-electron chi connectivity index (χ1n) is 2.82. The molecular formula is C7H6KNO2. The minimum absolute atomic E-state index is 0. The van der Waals surface area contributed by atoms with Gasteiger partial charge in [0.2, 0.25) is 0 Å². The summed E-state index contributed by atoms with van der Waals surface area (Å²) in [5, 5.41) is 12.1. The molecule has 0 aliphatic carbocycles. The van der Waals surface area contributed by atoms with Crippen molar-refractivity contribution in [1.82, 2.24) is 0 Å². The summed E-state index contributed by atoms with van der Waals surface area (Å²) in [6.07, 6.45) is -1.29. The van der Waals surface area contributed by atoms with Crippen LogP contribution in [0.15, 0.2) is 30.3 Å². The normalized spacial score (nSPS) is 8.00. The van der Waals surface area contributed by atoms with E-state index in [-0.39, 0.29) is 51.4 Å². The van der Waals surface area contributed by atoms with E-state index >= 15 is 0 Å². The number of benzene rings is 1. The molecule has 52 valence electrons. The van der Waals surface area contributed by atoms with Gasteiger partial charge in [0.25, 0.3) is 0 Å². The van der Waals surface area contributed by atoms with Gasteiger partial charge in [0.15, 0.2) is 0 Å². The molecule has 3 nitrogen and oxygen atoms in total. The van der Waals surface area contributed by atoms with Crippen molar-refractivity contribution in [1.29, 1.82) is 0 Å². The maximum atomic E-state index is 9.95. The van der Waals surface area contributed by atoms with Gasteiger partial charge in [-0.05, 0) is 12.1 Å². The van der Waals surface area contributed by atoms with Crippen LogP contribution in [0.2, 0.25) is 0 Å². The molecular weight excluding hydrogens is 169 g/mol. The number of para-hydroxylation sites is 1. The molecule has 0 fully saturated rings. The van der Waals surface area contributed by atoms with Crippen LogP contribution in [0.1, 0.15) is 0 Å². The van der Waals surface area contributed by atoms with Gasteiger partial charge in [-0.15, -0.1) is 0 Å². The standard InChI is InChI=1S/C7H7NO2.K/c9-7(10)8-6-4-2-1-3-5-6;/h1-5,8H,(H,9,10);/q;+1/p-1. The maximum absolute atomic E-state index is 9.95. The topological polar surface area (TPSA) is 52.2 Å². The third-order valence-electron chi connectivity index (χ3n) is 1.02. The summed E-state index contributed by atoms with van der Waals surface area (Å²) in [7, 11) is 0. The summed E-state index contributed by atoms with van der Waals surface area (Å²) in [5.41, 5.74) is 0.530. The first kappa shape index (κ1) is 11.1. The van der Waals surface area contributed by atoms with Crippen molar-refractivity contribution in [3.8, 4) is 0 Å². The van der Waals surface area contributed by atoms with Gasteiger partial charge in [0, 0.05) is 5.69 Å². The van der Waals surface area contributed by atoms with Crippen LogP contribution in [0.4, 0.5) is 10.5 Å². The predicted molar refractivity (Wildman–Crippen MR) is 35.5 cm³/mol. The van der Waals surface area contributed by atoms with E-state index in [4.69, 9.17) is 0 Å². The van der Waals surface area contributed by atoms with Crippen LogP contribution in [-0.2, 0) is 0 Å². The summed E-state index contributed by atoms with van der Waals surface area (Å²) in [5.74, 6) is 0. The average molecular weight is 175 g/mol. The molecule has 0 bridgehead atoms. The minimum Gasteiger partial charge on any atom is -0.530 e. The van der Waals surface area contributed by atoms with Crippen molar-refractivity contribution in [2.45, 2.75) is 0 Å². The largest absolute Gasteiger partial charge is 1.00 e. The minimum atomic E-state index is -1.29. The third-order valence-corrected chi connectivity index (χ3v) is 1.02. The number of carboxylic acid groups (broad SMARTS) is 1. The van der Waals surface area contributed by atoms with Gasteiger partial charge in [-0.1, -0.05) is 18.2 Å². The third kappa shape index (κ3) is 4.55. The van der Waals surface area contributed by atoms with Crippen molar-refractivity contribution >= 4 is 11.8 Å². The van der Waals surface area contributed by atoms with Gasteiger partial charge in [0.1, 0.15) is 6.09 Å². The Bertz CT molecular complexity index is 225. The summed E-state index contributed by atoms with van der Waals surface area (Å²) in [6, 6.07) is 8.59. The van der Waals surface area contributed by atoms with E-state index < -0.39 is 6.09 Å². The Morgan fingerprint density at radius 1 is 1.27 bits per heavy atom. The number of nitrogens with one attached hydrogen (secondary N) is 1. The first-order valence-corrected chi connectivity index (χ1v) is 2.82. The van der Waals surface area contributed by atoms with E-state index in [1.165, 1.54) is 0 Å². The van der Waals surface area contributed by atoms with Crippen molar-refractivity contribution in [3.63, 3.8) is 0 Å². The molecule has 0 saturated carbocycles. The number of carbonyl (C=O) groups excluding carboxylic acids is 1. The van der Waals surface area contributed by atoms with Gasteiger partial charge in [-0.3, -0.25) is 0 Å². The molecule has 0 saturated heterocycles. The summed E-state index contributed by atoms with van der Waals surface area (Å²) in [6.45, 7) is 0. The molecule has 0 atom stereocenters. The molecule has 0 aliphatic rings. The Labute approximate surface area is 107 Å². The molecule has 1 aromatic rings. The zero-order valence-electron chi connectivity index (χ0n) is 6.20. The van der Waals surface area contributed by atoms with Crippen molar-refractivity contribution in [2.75, 3.05) is 5.32 Å². The molecule has 0 spiro atoms. The molecule has 4 heteroatoms. The number of amides is 1. The summed E-state index contributed by atoms with van der Waals surface area (Å²) >= 11 is 0. The molecule has 0 heterocycles. The van der Waals surface area contributed by atoms with E-state index in [1.54, 1.807) is 30.3 Å². The van der Waals surface area contributed by atoms with Crippen LogP contribution in [-0.4, -0.2) is 6.09 Å². The molecule has 0 aliphatic heterocycles. The van der Waals surface area contributed by atoms with Crippen LogP contribution in [0.25, 0.3) is 0 Å². The second-order valence-corrected chi connectivity index (χ2v) is 1.78. The van der Waals surface area contributed by atoms with Gasteiger partial charge in [-0.2, -0.15) is 0 Å². The van der Waals surface area contributed by atoms with Gasteiger partial charge >= 0.3 is 51.4 Å². The van der Waals surface area contributed by atoms with E-state index in [1.807, 2.05) is 0 Å². The zero-order valence-corrected chi connectivity index (χ0v) is 9.33. The van der Waals surface area contributed by atoms with Crippen LogP contribution < -0.4 is 61.8 Å². The quantitative estimate of drug-likeness (QED) is 0.478. The van der Waals surface area contributed by atoms with E-state index in [9.17, 15) is 9.90 Å². The van der Waals surface area contributed by atoms with Crippen molar-refractivity contribution in [2.24, 2.45) is 0 Å². The number of hydrogen-bond donors (Lipinski definition) is 1. The summed E-state index contributed by atoms with van der Waals surface area (Å²) in [4.78, 5) is 9.95. The van der Waals surface area contributed by atoms with Gasteiger partial charge in [-0.25, -0.2) is 0 Å². The Morgan fingerprint density at radius 3 is 2.27 bits per heavy atom. The van der Waals surface area contributed by atoms with Crippen LogP contribution >= 0.6 is 0 Å². The van der Waals surface area contributed by atoms with Crippen LogP contribution in [0.3, 0.4) is 0 Å². The number of hydrogen-bond acceptors (Lipinski definition) is 2. The second-order valence-electron chi connectivity index (χ2n) is 1.78. The second kappa shape index (κ2) is 5.74.